The Balaban J connectivity index is 1.67. The second-order valence-electron chi connectivity index (χ2n) is 6.26. The van der Waals surface area contributed by atoms with Gasteiger partial charge in [0.15, 0.2) is 5.17 Å². The monoisotopic (exact) mass is 381 g/mol. The van der Waals surface area contributed by atoms with Gasteiger partial charge in [0.2, 0.25) is 11.8 Å². The number of anilines is 1. The van der Waals surface area contributed by atoms with Crippen molar-refractivity contribution in [1.82, 2.24) is 5.32 Å². The summed E-state index contributed by atoms with van der Waals surface area (Å²) in [7, 11) is 0. The molecule has 27 heavy (non-hydrogen) atoms. The van der Waals surface area contributed by atoms with Gasteiger partial charge in [-0.3, -0.25) is 9.59 Å². The van der Waals surface area contributed by atoms with E-state index < -0.39 is 5.25 Å². The van der Waals surface area contributed by atoms with E-state index in [0.717, 1.165) is 35.3 Å². The van der Waals surface area contributed by atoms with Crippen molar-refractivity contribution >= 4 is 40.1 Å². The Labute approximate surface area is 163 Å². The minimum absolute atomic E-state index is 0.117. The number of amides is 2. The lowest BCUT2D eigenvalue weighted by Crippen LogP contribution is -2.28. The number of hydrogen-bond acceptors (Lipinski definition) is 4. The number of hydrogen-bond donors (Lipinski definition) is 2. The van der Waals surface area contributed by atoms with Gasteiger partial charge in [0.1, 0.15) is 5.25 Å². The Kier molecular flexibility index (Phi) is 6.29. The van der Waals surface area contributed by atoms with E-state index >= 15 is 0 Å². The third kappa shape index (κ3) is 4.77. The van der Waals surface area contributed by atoms with Crippen LogP contribution in [0.5, 0.6) is 0 Å². The number of nitrogens with zero attached hydrogens (tertiary/aromatic N) is 1. The summed E-state index contributed by atoms with van der Waals surface area (Å²) < 4.78 is 0. The molecule has 1 aliphatic rings. The third-order valence-electron chi connectivity index (χ3n) is 4.40. The van der Waals surface area contributed by atoms with Gasteiger partial charge in [-0.15, -0.1) is 0 Å². The number of para-hydroxylation sites is 2. The van der Waals surface area contributed by atoms with Crippen LogP contribution in [-0.2, 0) is 22.4 Å². The van der Waals surface area contributed by atoms with Crippen molar-refractivity contribution < 1.29 is 9.59 Å². The fourth-order valence-electron chi connectivity index (χ4n) is 2.97. The molecular weight excluding hydrogens is 358 g/mol. The first-order valence-electron chi connectivity index (χ1n) is 9.12. The molecule has 0 bridgehead atoms. The number of carbonyl (C=O) groups excluding carboxylic acids is 2. The highest BCUT2D eigenvalue weighted by molar-refractivity contribution is 8.15. The standard InChI is InChI=1S/C21H23N3O2S/c1-3-14-9-8-10-15(4-2)19(14)23-18(25)13-17-20(26)24-21(27-17)22-16-11-6-5-7-12-16/h5-12,17H,3-4,13H2,1-2H3,(H,23,25)(H,22,24,26). The molecule has 3 rings (SSSR count). The fraction of sp³-hybridized carbons (Fsp3) is 0.286. The molecule has 2 amide bonds. The lowest BCUT2D eigenvalue weighted by molar-refractivity contribution is -0.122. The van der Waals surface area contributed by atoms with Crippen LogP contribution >= 0.6 is 11.8 Å². The maximum absolute atomic E-state index is 12.6. The van der Waals surface area contributed by atoms with Crippen molar-refractivity contribution in [3.63, 3.8) is 0 Å². The smallest absolute Gasteiger partial charge is 0.240 e. The summed E-state index contributed by atoms with van der Waals surface area (Å²) in [5.74, 6) is -0.330. The zero-order chi connectivity index (χ0) is 19.2. The predicted molar refractivity (Wildman–Crippen MR) is 112 cm³/mol. The topological polar surface area (TPSA) is 70.6 Å². The van der Waals surface area contributed by atoms with Crippen LogP contribution < -0.4 is 10.6 Å². The molecule has 0 aliphatic carbocycles. The molecule has 2 N–H and O–H groups in total. The van der Waals surface area contributed by atoms with Gasteiger partial charge in [0.25, 0.3) is 0 Å². The second-order valence-corrected chi connectivity index (χ2v) is 7.45. The molecule has 5 nitrogen and oxygen atoms in total. The van der Waals surface area contributed by atoms with Crippen molar-refractivity contribution in [3.05, 3.63) is 59.7 Å². The Morgan fingerprint density at radius 1 is 1.07 bits per heavy atom. The number of nitrogens with one attached hydrogen (secondary N) is 2. The molecule has 0 radical (unpaired) electrons. The molecule has 2 aromatic rings. The lowest BCUT2D eigenvalue weighted by atomic mass is 10.0. The Morgan fingerprint density at radius 2 is 1.74 bits per heavy atom. The molecule has 1 heterocycles. The van der Waals surface area contributed by atoms with E-state index in [4.69, 9.17) is 0 Å². The maximum atomic E-state index is 12.6. The highest BCUT2D eigenvalue weighted by atomic mass is 32.2. The van der Waals surface area contributed by atoms with Crippen molar-refractivity contribution in [3.8, 4) is 0 Å². The Hall–Kier alpha value is -2.60. The minimum atomic E-state index is -0.466. The van der Waals surface area contributed by atoms with Crippen LogP contribution in [0.3, 0.4) is 0 Å². The van der Waals surface area contributed by atoms with Crippen molar-refractivity contribution in [2.45, 2.75) is 38.4 Å². The summed E-state index contributed by atoms with van der Waals surface area (Å²) in [6.07, 6.45) is 1.80. The quantitative estimate of drug-likeness (QED) is 0.793. The summed E-state index contributed by atoms with van der Waals surface area (Å²) >= 11 is 1.30. The highest BCUT2D eigenvalue weighted by Gasteiger charge is 2.32. The number of benzene rings is 2. The summed E-state index contributed by atoms with van der Waals surface area (Å²) in [4.78, 5) is 29.2. The van der Waals surface area contributed by atoms with Crippen molar-refractivity contribution in [2.24, 2.45) is 4.99 Å². The van der Waals surface area contributed by atoms with Crippen molar-refractivity contribution in [2.75, 3.05) is 5.32 Å². The summed E-state index contributed by atoms with van der Waals surface area (Å²) in [6, 6.07) is 15.5. The molecule has 0 saturated carbocycles. The fourth-order valence-corrected chi connectivity index (χ4v) is 3.96. The largest absolute Gasteiger partial charge is 0.326 e. The maximum Gasteiger partial charge on any atom is 0.240 e. The molecule has 1 saturated heterocycles. The first kappa shape index (κ1) is 19.2. The SMILES string of the molecule is CCc1cccc(CC)c1NC(=O)CC1SC(=Nc2ccccc2)NC1=O. The van der Waals surface area contributed by atoms with E-state index in [1.165, 1.54) is 11.8 Å². The molecule has 1 atom stereocenters. The van der Waals surface area contributed by atoms with Gasteiger partial charge in [-0.2, -0.15) is 0 Å². The zero-order valence-electron chi connectivity index (χ0n) is 15.5. The van der Waals surface area contributed by atoms with Crippen LogP contribution in [0.4, 0.5) is 11.4 Å². The van der Waals surface area contributed by atoms with Gasteiger partial charge >= 0.3 is 0 Å². The van der Waals surface area contributed by atoms with Gasteiger partial charge in [0.05, 0.1) is 5.69 Å². The molecule has 2 aromatic carbocycles. The van der Waals surface area contributed by atoms with Crippen LogP contribution in [0, 0.1) is 0 Å². The molecule has 1 fully saturated rings. The average molecular weight is 382 g/mol. The van der Waals surface area contributed by atoms with E-state index in [2.05, 4.69) is 29.5 Å². The van der Waals surface area contributed by atoms with Crippen LogP contribution in [0.15, 0.2) is 53.5 Å². The van der Waals surface area contributed by atoms with Crippen LogP contribution in [0.25, 0.3) is 0 Å². The molecule has 140 valence electrons. The first-order chi connectivity index (χ1) is 13.1. The zero-order valence-corrected chi connectivity index (χ0v) is 16.3. The van der Waals surface area contributed by atoms with Crippen LogP contribution in [0.2, 0.25) is 0 Å². The van der Waals surface area contributed by atoms with Gasteiger partial charge in [0, 0.05) is 12.1 Å². The number of carbonyl (C=O) groups is 2. The average Bonchev–Trinajstić information content (AvgIpc) is 3.01. The highest BCUT2D eigenvalue weighted by Crippen LogP contribution is 2.27. The normalized spacial score (nSPS) is 17.8. The van der Waals surface area contributed by atoms with Gasteiger partial charge in [-0.25, -0.2) is 4.99 Å². The number of aryl methyl sites for hydroxylation is 2. The number of aliphatic imine (C=N–C) groups is 1. The predicted octanol–water partition coefficient (Wildman–Crippen LogP) is 4.06. The molecule has 1 unspecified atom stereocenters. The van der Waals surface area contributed by atoms with Gasteiger partial charge < -0.3 is 10.6 Å². The summed E-state index contributed by atoms with van der Waals surface area (Å²) in [5, 5.41) is 5.85. The van der Waals surface area contributed by atoms with Crippen LogP contribution in [-0.4, -0.2) is 22.2 Å². The van der Waals surface area contributed by atoms with E-state index in [-0.39, 0.29) is 18.2 Å². The summed E-state index contributed by atoms with van der Waals surface area (Å²) in [5.41, 5.74) is 3.87. The second kappa shape index (κ2) is 8.86. The van der Waals surface area contributed by atoms with Crippen LogP contribution in [0.1, 0.15) is 31.4 Å². The molecular formula is C21H23N3O2S. The first-order valence-corrected chi connectivity index (χ1v) is 10.0. The summed E-state index contributed by atoms with van der Waals surface area (Å²) in [6.45, 7) is 4.13. The molecule has 1 aliphatic heterocycles. The third-order valence-corrected chi connectivity index (χ3v) is 5.48. The lowest BCUT2D eigenvalue weighted by Gasteiger charge is -2.15. The molecule has 6 heteroatoms. The number of amidine groups is 1. The number of rotatable bonds is 6. The number of thioether (sulfide) groups is 1. The van der Waals surface area contributed by atoms with E-state index in [9.17, 15) is 9.59 Å². The van der Waals surface area contributed by atoms with Gasteiger partial charge in [-0.1, -0.05) is 62.0 Å². The van der Waals surface area contributed by atoms with E-state index in [1.54, 1.807) is 0 Å². The Bertz CT molecular complexity index is 843. The van der Waals surface area contributed by atoms with E-state index in [0.29, 0.717) is 5.17 Å². The van der Waals surface area contributed by atoms with Gasteiger partial charge in [-0.05, 0) is 36.1 Å². The molecule has 0 aromatic heterocycles. The van der Waals surface area contributed by atoms with E-state index in [1.807, 2.05) is 48.5 Å². The van der Waals surface area contributed by atoms with Crippen molar-refractivity contribution in [1.29, 1.82) is 0 Å². The minimum Gasteiger partial charge on any atom is -0.326 e. The molecule has 0 spiro atoms. The Morgan fingerprint density at radius 3 is 2.37 bits per heavy atom.